The van der Waals surface area contributed by atoms with E-state index in [-0.39, 0.29) is 12.3 Å². The van der Waals surface area contributed by atoms with Gasteiger partial charge in [-0.25, -0.2) is 0 Å². The molecule has 0 radical (unpaired) electrons. The quantitative estimate of drug-likeness (QED) is 0.708. The van der Waals surface area contributed by atoms with Crippen LogP contribution in [0.25, 0.3) is 10.8 Å². The SMILES string of the molecule is Cc1ccc(C[C@@H](NC(=O)Cc2ccc3ccccc3c2)C(N)=O)cc1C. The van der Waals surface area contributed by atoms with Crippen LogP contribution in [0.1, 0.15) is 22.3 Å². The molecule has 0 aliphatic rings. The molecular formula is C23H24N2O2. The number of carbonyl (C=O) groups is 2. The van der Waals surface area contributed by atoms with Crippen LogP contribution in [-0.2, 0) is 22.4 Å². The lowest BCUT2D eigenvalue weighted by molar-refractivity contribution is -0.127. The number of hydrogen-bond donors (Lipinski definition) is 2. The van der Waals surface area contributed by atoms with Gasteiger partial charge in [0.2, 0.25) is 11.8 Å². The average molecular weight is 360 g/mol. The third-order valence-electron chi connectivity index (χ3n) is 4.87. The topological polar surface area (TPSA) is 72.2 Å². The molecule has 0 fully saturated rings. The molecule has 3 rings (SSSR count). The minimum atomic E-state index is -0.722. The normalized spacial score (nSPS) is 11.9. The van der Waals surface area contributed by atoms with Crippen molar-refractivity contribution >= 4 is 22.6 Å². The Kier molecular flexibility index (Phi) is 5.55. The molecule has 0 saturated carbocycles. The summed E-state index contributed by atoms with van der Waals surface area (Å²) in [5.74, 6) is -0.738. The minimum absolute atomic E-state index is 0.210. The van der Waals surface area contributed by atoms with Crippen LogP contribution in [0, 0.1) is 13.8 Å². The van der Waals surface area contributed by atoms with Gasteiger partial charge in [0, 0.05) is 6.42 Å². The maximum absolute atomic E-state index is 12.5. The van der Waals surface area contributed by atoms with Crippen molar-refractivity contribution in [2.24, 2.45) is 5.73 Å². The van der Waals surface area contributed by atoms with E-state index in [1.807, 2.05) is 74.5 Å². The molecule has 1 atom stereocenters. The zero-order chi connectivity index (χ0) is 19.4. The first-order valence-corrected chi connectivity index (χ1v) is 9.05. The van der Waals surface area contributed by atoms with Gasteiger partial charge in [0.25, 0.3) is 0 Å². The van der Waals surface area contributed by atoms with Crippen molar-refractivity contribution in [2.45, 2.75) is 32.7 Å². The molecule has 0 aromatic heterocycles. The molecule has 0 aliphatic heterocycles. The standard InChI is InChI=1S/C23H24N2O2/c1-15-7-8-17(11-16(15)2)13-21(23(24)27)25-22(26)14-18-9-10-19-5-3-4-6-20(19)12-18/h3-12,21H,13-14H2,1-2H3,(H2,24,27)(H,25,26)/t21-/m1/s1. The summed E-state index contributed by atoms with van der Waals surface area (Å²) in [6.07, 6.45) is 0.599. The van der Waals surface area contributed by atoms with E-state index in [4.69, 9.17) is 5.73 Å². The zero-order valence-corrected chi connectivity index (χ0v) is 15.7. The second kappa shape index (κ2) is 8.04. The largest absolute Gasteiger partial charge is 0.368 e. The third-order valence-corrected chi connectivity index (χ3v) is 4.87. The van der Waals surface area contributed by atoms with Crippen LogP contribution in [0.2, 0.25) is 0 Å². The average Bonchev–Trinajstić information content (AvgIpc) is 2.64. The summed E-state index contributed by atoms with van der Waals surface area (Å²) in [6.45, 7) is 4.06. The van der Waals surface area contributed by atoms with Gasteiger partial charge in [-0.1, -0.05) is 60.7 Å². The second-order valence-electron chi connectivity index (χ2n) is 7.00. The van der Waals surface area contributed by atoms with Crippen molar-refractivity contribution in [3.63, 3.8) is 0 Å². The fraction of sp³-hybridized carbons (Fsp3) is 0.217. The summed E-state index contributed by atoms with van der Waals surface area (Å²) in [4.78, 5) is 24.3. The summed E-state index contributed by atoms with van der Waals surface area (Å²) in [5.41, 5.74) is 9.74. The van der Waals surface area contributed by atoms with E-state index < -0.39 is 11.9 Å². The van der Waals surface area contributed by atoms with Crippen LogP contribution < -0.4 is 11.1 Å². The van der Waals surface area contributed by atoms with E-state index in [1.165, 1.54) is 5.56 Å². The van der Waals surface area contributed by atoms with Gasteiger partial charge in [0.15, 0.2) is 0 Å². The number of carbonyl (C=O) groups excluding carboxylic acids is 2. The molecule has 27 heavy (non-hydrogen) atoms. The molecular weight excluding hydrogens is 336 g/mol. The fourth-order valence-corrected chi connectivity index (χ4v) is 3.17. The Hall–Kier alpha value is -3.14. The number of primary amides is 1. The van der Waals surface area contributed by atoms with Crippen LogP contribution in [0.5, 0.6) is 0 Å². The summed E-state index contributed by atoms with van der Waals surface area (Å²) in [6, 6.07) is 19.2. The number of fused-ring (bicyclic) bond motifs is 1. The lowest BCUT2D eigenvalue weighted by Gasteiger charge is -2.16. The Morgan fingerprint density at radius 3 is 2.30 bits per heavy atom. The molecule has 3 N–H and O–H groups in total. The van der Waals surface area contributed by atoms with Gasteiger partial charge in [-0.15, -0.1) is 0 Å². The number of hydrogen-bond acceptors (Lipinski definition) is 2. The molecule has 2 amide bonds. The minimum Gasteiger partial charge on any atom is -0.368 e. The molecule has 3 aromatic carbocycles. The van der Waals surface area contributed by atoms with Gasteiger partial charge in [-0.05, 0) is 46.9 Å². The number of nitrogens with two attached hydrogens (primary N) is 1. The number of aryl methyl sites for hydroxylation is 2. The van der Waals surface area contributed by atoms with E-state index >= 15 is 0 Å². The van der Waals surface area contributed by atoms with Crippen LogP contribution in [0.3, 0.4) is 0 Å². The van der Waals surface area contributed by atoms with Crippen molar-refractivity contribution in [2.75, 3.05) is 0 Å². The van der Waals surface area contributed by atoms with Crippen LogP contribution in [-0.4, -0.2) is 17.9 Å². The second-order valence-corrected chi connectivity index (χ2v) is 7.00. The molecule has 0 saturated heterocycles. The van der Waals surface area contributed by atoms with Crippen LogP contribution in [0.15, 0.2) is 60.7 Å². The van der Waals surface area contributed by atoms with Crippen molar-refractivity contribution < 1.29 is 9.59 Å². The Bertz CT molecular complexity index is 995. The van der Waals surface area contributed by atoms with Crippen molar-refractivity contribution in [1.29, 1.82) is 0 Å². The number of benzene rings is 3. The van der Waals surface area contributed by atoms with Crippen LogP contribution in [0.4, 0.5) is 0 Å². The highest BCUT2D eigenvalue weighted by Crippen LogP contribution is 2.16. The number of amides is 2. The molecule has 138 valence electrons. The molecule has 0 heterocycles. The zero-order valence-electron chi connectivity index (χ0n) is 15.7. The first-order chi connectivity index (χ1) is 12.9. The maximum Gasteiger partial charge on any atom is 0.240 e. The van der Waals surface area contributed by atoms with Gasteiger partial charge < -0.3 is 11.1 Å². The molecule has 0 unspecified atom stereocenters. The predicted octanol–water partition coefficient (Wildman–Crippen LogP) is 3.21. The van der Waals surface area contributed by atoms with E-state index in [0.717, 1.165) is 27.5 Å². The highest BCUT2D eigenvalue weighted by atomic mass is 16.2. The first kappa shape index (κ1) is 18.6. The van der Waals surface area contributed by atoms with Gasteiger partial charge in [0.1, 0.15) is 6.04 Å². The van der Waals surface area contributed by atoms with Crippen molar-refractivity contribution in [3.05, 3.63) is 82.9 Å². The van der Waals surface area contributed by atoms with Crippen molar-refractivity contribution in [3.8, 4) is 0 Å². The molecule has 0 aliphatic carbocycles. The molecule has 0 bridgehead atoms. The summed E-state index contributed by atoms with van der Waals surface area (Å²) >= 11 is 0. The van der Waals surface area contributed by atoms with Gasteiger partial charge in [-0.3, -0.25) is 9.59 Å². The molecule has 4 heteroatoms. The van der Waals surface area contributed by atoms with E-state index in [9.17, 15) is 9.59 Å². The number of rotatable bonds is 6. The first-order valence-electron chi connectivity index (χ1n) is 9.05. The highest BCUT2D eigenvalue weighted by Gasteiger charge is 2.19. The number of nitrogens with one attached hydrogen (secondary N) is 1. The Balaban J connectivity index is 1.68. The summed E-state index contributed by atoms with van der Waals surface area (Å²) in [5, 5.41) is 5.00. The Labute approximate surface area is 159 Å². The maximum atomic E-state index is 12.5. The van der Waals surface area contributed by atoms with Crippen LogP contribution >= 0.6 is 0 Å². The Morgan fingerprint density at radius 2 is 1.59 bits per heavy atom. The van der Waals surface area contributed by atoms with Gasteiger partial charge in [0.05, 0.1) is 6.42 Å². The fourth-order valence-electron chi connectivity index (χ4n) is 3.17. The monoisotopic (exact) mass is 360 g/mol. The van der Waals surface area contributed by atoms with Gasteiger partial charge in [-0.2, -0.15) is 0 Å². The predicted molar refractivity (Wildman–Crippen MR) is 108 cm³/mol. The van der Waals surface area contributed by atoms with E-state index in [1.54, 1.807) is 0 Å². The third kappa shape index (κ3) is 4.73. The Morgan fingerprint density at radius 1 is 0.889 bits per heavy atom. The molecule has 3 aromatic rings. The molecule has 4 nitrogen and oxygen atoms in total. The lowest BCUT2D eigenvalue weighted by atomic mass is 10.00. The smallest absolute Gasteiger partial charge is 0.240 e. The van der Waals surface area contributed by atoms with Crippen molar-refractivity contribution in [1.82, 2.24) is 5.32 Å². The van der Waals surface area contributed by atoms with Gasteiger partial charge >= 0.3 is 0 Å². The molecule has 0 spiro atoms. The summed E-state index contributed by atoms with van der Waals surface area (Å²) < 4.78 is 0. The highest BCUT2D eigenvalue weighted by molar-refractivity contribution is 5.89. The van der Waals surface area contributed by atoms with E-state index in [0.29, 0.717) is 6.42 Å². The van der Waals surface area contributed by atoms with E-state index in [2.05, 4.69) is 5.32 Å². The lowest BCUT2D eigenvalue weighted by Crippen LogP contribution is -2.46. The summed E-state index contributed by atoms with van der Waals surface area (Å²) in [7, 11) is 0.